The molecule has 0 aliphatic rings. The molecule has 0 aliphatic heterocycles. The van der Waals surface area contributed by atoms with Gasteiger partial charge in [-0.15, -0.1) is 0 Å². The highest BCUT2D eigenvalue weighted by Crippen LogP contribution is 2.16. The summed E-state index contributed by atoms with van der Waals surface area (Å²) in [6, 6.07) is 0. The molecule has 0 bridgehead atoms. The molecule has 1 unspecified atom stereocenters. The van der Waals surface area contributed by atoms with E-state index in [0.29, 0.717) is 19.6 Å². The molecule has 0 radical (unpaired) electrons. The van der Waals surface area contributed by atoms with Crippen LogP contribution in [0.2, 0.25) is 0 Å². The van der Waals surface area contributed by atoms with E-state index in [0.717, 1.165) is 44.9 Å². The summed E-state index contributed by atoms with van der Waals surface area (Å²) in [5.41, 5.74) is 0. The molecular formula is C53H98O4. The molecule has 0 saturated heterocycles. The lowest BCUT2D eigenvalue weighted by Gasteiger charge is -2.16. The van der Waals surface area contributed by atoms with Gasteiger partial charge in [0.1, 0.15) is 6.10 Å². The van der Waals surface area contributed by atoms with Crippen LogP contribution in [0, 0.1) is 0 Å². The van der Waals surface area contributed by atoms with Crippen LogP contribution < -0.4 is 0 Å². The molecule has 4 heteroatoms. The Morgan fingerprint density at radius 2 is 0.789 bits per heavy atom. The van der Waals surface area contributed by atoms with Crippen LogP contribution in [0.3, 0.4) is 0 Å². The van der Waals surface area contributed by atoms with Gasteiger partial charge in [-0.2, -0.15) is 0 Å². The van der Waals surface area contributed by atoms with Crippen molar-refractivity contribution >= 4 is 5.97 Å². The number of rotatable bonds is 47. The molecule has 0 aromatic rings. The van der Waals surface area contributed by atoms with E-state index >= 15 is 0 Å². The molecule has 0 heterocycles. The molecule has 1 N–H and O–H groups in total. The smallest absolute Gasteiger partial charge is 0.306 e. The third-order valence-corrected chi connectivity index (χ3v) is 11.2. The maximum atomic E-state index is 12.3. The number of aliphatic hydroxyl groups is 1. The highest BCUT2D eigenvalue weighted by atomic mass is 16.6. The maximum absolute atomic E-state index is 12.3. The van der Waals surface area contributed by atoms with E-state index in [1.165, 1.54) is 193 Å². The van der Waals surface area contributed by atoms with Crippen molar-refractivity contribution in [1.82, 2.24) is 0 Å². The van der Waals surface area contributed by atoms with Crippen molar-refractivity contribution < 1.29 is 19.4 Å². The van der Waals surface area contributed by atoms with Crippen molar-refractivity contribution in [2.24, 2.45) is 0 Å². The number of aliphatic hydroxyl groups excluding tert-OH is 1. The first-order chi connectivity index (χ1) is 28.2. The molecule has 0 rings (SSSR count). The van der Waals surface area contributed by atoms with Crippen LogP contribution in [-0.4, -0.2) is 37.0 Å². The minimum atomic E-state index is -0.540. The molecule has 334 valence electrons. The fourth-order valence-electron chi connectivity index (χ4n) is 7.44. The van der Waals surface area contributed by atoms with Crippen molar-refractivity contribution in [2.75, 3.05) is 19.8 Å². The summed E-state index contributed by atoms with van der Waals surface area (Å²) in [6.07, 6.45) is 66.3. The van der Waals surface area contributed by atoms with Crippen LogP contribution >= 0.6 is 0 Å². The van der Waals surface area contributed by atoms with Crippen LogP contribution in [0.25, 0.3) is 0 Å². The van der Waals surface area contributed by atoms with Gasteiger partial charge in [0.05, 0.1) is 13.2 Å². The Hall–Kier alpha value is -1.65. The number of carbonyl (C=O) groups is 1. The zero-order valence-electron chi connectivity index (χ0n) is 38.4. The predicted molar refractivity (Wildman–Crippen MR) is 251 cm³/mol. The summed E-state index contributed by atoms with van der Waals surface area (Å²) in [6.45, 7) is 5.25. The van der Waals surface area contributed by atoms with Crippen molar-refractivity contribution in [3.63, 3.8) is 0 Å². The van der Waals surface area contributed by atoms with Gasteiger partial charge in [-0.1, -0.05) is 249 Å². The van der Waals surface area contributed by atoms with Gasteiger partial charge in [-0.05, 0) is 51.4 Å². The van der Waals surface area contributed by atoms with Crippen LogP contribution in [0.4, 0.5) is 0 Å². The van der Waals surface area contributed by atoms with E-state index in [2.05, 4.69) is 62.5 Å². The zero-order valence-corrected chi connectivity index (χ0v) is 38.4. The predicted octanol–water partition coefficient (Wildman–Crippen LogP) is 17.0. The van der Waals surface area contributed by atoms with E-state index in [1.807, 2.05) is 0 Å². The molecular weight excluding hydrogens is 701 g/mol. The van der Waals surface area contributed by atoms with E-state index in [-0.39, 0.29) is 12.6 Å². The minimum absolute atomic E-state index is 0.174. The third-order valence-electron chi connectivity index (χ3n) is 11.2. The van der Waals surface area contributed by atoms with Gasteiger partial charge >= 0.3 is 5.97 Å². The number of unbranched alkanes of at least 4 members (excludes halogenated alkanes) is 31. The summed E-state index contributed by atoms with van der Waals surface area (Å²) >= 11 is 0. The summed E-state index contributed by atoms with van der Waals surface area (Å²) in [7, 11) is 0. The van der Waals surface area contributed by atoms with Gasteiger partial charge in [0.15, 0.2) is 0 Å². The van der Waals surface area contributed by atoms with E-state index in [4.69, 9.17) is 9.47 Å². The molecule has 0 fully saturated rings. The third kappa shape index (κ3) is 48.6. The Morgan fingerprint density at radius 1 is 0.439 bits per heavy atom. The number of hydrogen-bond donors (Lipinski definition) is 1. The SMILES string of the molecule is CC/C=C\C/C=C\C/C=C\C/C=C\CCCCCCCCCOCC(CO)OC(=O)CCCCCCCCCCCCCCCCCCCCCCCCCCC. The Balaban J connectivity index is 3.39. The van der Waals surface area contributed by atoms with Crippen molar-refractivity contribution in [3.05, 3.63) is 48.6 Å². The Bertz CT molecular complexity index is 889. The lowest BCUT2D eigenvalue weighted by atomic mass is 10.0. The average Bonchev–Trinajstić information content (AvgIpc) is 3.22. The van der Waals surface area contributed by atoms with Gasteiger partial charge in [-0.3, -0.25) is 4.79 Å². The van der Waals surface area contributed by atoms with Gasteiger partial charge in [0.2, 0.25) is 0 Å². The fraction of sp³-hybridized carbons (Fsp3) is 0.830. The molecule has 4 nitrogen and oxygen atoms in total. The second-order valence-corrected chi connectivity index (χ2v) is 16.9. The first kappa shape index (κ1) is 55.4. The largest absolute Gasteiger partial charge is 0.457 e. The lowest BCUT2D eigenvalue weighted by Crippen LogP contribution is -2.27. The number of hydrogen-bond acceptors (Lipinski definition) is 4. The molecule has 0 spiro atoms. The van der Waals surface area contributed by atoms with Crippen molar-refractivity contribution in [3.8, 4) is 0 Å². The van der Waals surface area contributed by atoms with E-state index in [1.54, 1.807) is 0 Å². The van der Waals surface area contributed by atoms with Gasteiger partial charge in [0.25, 0.3) is 0 Å². The normalized spacial score (nSPS) is 12.7. The Kier molecular flexibility index (Phi) is 49.0. The standard InChI is InChI=1S/C53H98O4/c1-3-5-7-9-11-13-15-17-19-21-23-25-26-27-28-29-30-32-34-36-38-40-42-44-46-48-53(55)57-52(50-54)51-56-49-47-45-43-41-39-37-35-33-31-24-22-20-18-16-14-12-10-8-6-4-2/h6,8,12,14,18,20,24,31,52,54H,3-5,7,9-11,13,15-17,19,21-23,25-30,32-51H2,1-2H3/b8-6-,14-12-,20-18-,31-24-. The van der Waals surface area contributed by atoms with E-state index < -0.39 is 6.10 Å². The summed E-state index contributed by atoms with van der Waals surface area (Å²) < 4.78 is 11.2. The van der Waals surface area contributed by atoms with Gasteiger partial charge in [-0.25, -0.2) is 0 Å². The fourth-order valence-corrected chi connectivity index (χ4v) is 7.44. The summed E-state index contributed by atoms with van der Waals surface area (Å²) in [4.78, 5) is 12.3. The van der Waals surface area contributed by atoms with Crippen LogP contribution in [0.5, 0.6) is 0 Å². The Labute approximate surface area is 356 Å². The lowest BCUT2D eigenvalue weighted by molar-refractivity contribution is -0.154. The van der Waals surface area contributed by atoms with Crippen LogP contribution in [-0.2, 0) is 14.3 Å². The highest BCUT2D eigenvalue weighted by molar-refractivity contribution is 5.69. The maximum Gasteiger partial charge on any atom is 0.306 e. The number of ether oxygens (including phenoxy) is 2. The van der Waals surface area contributed by atoms with Crippen molar-refractivity contribution in [1.29, 1.82) is 0 Å². The quantitative estimate of drug-likeness (QED) is 0.0378. The first-order valence-electron chi connectivity index (χ1n) is 25.2. The molecule has 57 heavy (non-hydrogen) atoms. The molecule has 0 amide bonds. The number of esters is 1. The monoisotopic (exact) mass is 799 g/mol. The second-order valence-electron chi connectivity index (χ2n) is 16.9. The molecule has 0 saturated carbocycles. The van der Waals surface area contributed by atoms with Gasteiger partial charge in [0, 0.05) is 13.0 Å². The number of carbonyl (C=O) groups excluding carboxylic acids is 1. The van der Waals surface area contributed by atoms with E-state index in [9.17, 15) is 9.90 Å². The minimum Gasteiger partial charge on any atom is -0.457 e. The van der Waals surface area contributed by atoms with Gasteiger partial charge < -0.3 is 14.6 Å². The van der Waals surface area contributed by atoms with Crippen LogP contribution in [0.1, 0.15) is 258 Å². The molecule has 1 atom stereocenters. The molecule has 0 aromatic heterocycles. The average molecular weight is 799 g/mol. The zero-order chi connectivity index (χ0) is 41.2. The first-order valence-corrected chi connectivity index (χ1v) is 25.2. The summed E-state index contributed by atoms with van der Waals surface area (Å²) in [5.74, 6) is -0.200. The number of allylic oxidation sites excluding steroid dienone is 8. The topological polar surface area (TPSA) is 55.8 Å². The molecule has 0 aliphatic carbocycles. The second kappa shape index (κ2) is 50.5. The Morgan fingerprint density at radius 3 is 1.19 bits per heavy atom. The van der Waals surface area contributed by atoms with Crippen LogP contribution in [0.15, 0.2) is 48.6 Å². The molecule has 0 aromatic carbocycles. The summed E-state index contributed by atoms with van der Waals surface area (Å²) in [5, 5.41) is 9.64. The van der Waals surface area contributed by atoms with Crippen molar-refractivity contribution in [2.45, 2.75) is 264 Å². The highest BCUT2D eigenvalue weighted by Gasteiger charge is 2.13.